The lowest BCUT2D eigenvalue weighted by Gasteiger charge is -2.39. The molecule has 3 rings (SSSR count). The molecule has 2 aromatic rings. The van der Waals surface area contributed by atoms with Gasteiger partial charge in [0.15, 0.2) is 0 Å². The van der Waals surface area contributed by atoms with Crippen molar-refractivity contribution in [3.63, 3.8) is 0 Å². The smallest absolute Gasteiger partial charge is 0.337 e. The lowest BCUT2D eigenvalue weighted by molar-refractivity contribution is -0.921. The third kappa shape index (κ3) is 5.39. The minimum absolute atomic E-state index is 0.0185. The van der Waals surface area contributed by atoms with Crippen LogP contribution in [0.4, 0.5) is 17.6 Å². The van der Waals surface area contributed by atoms with Gasteiger partial charge in [-0.2, -0.15) is 18.0 Å². The van der Waals surface area contributed by atoms with Crippen LogP contribution in [0.25, 0.3) is 0 Å². The number of likely N-dealkylation sites (N-methyl/N-ethyl adjacent to an activating group) is 1. The van der Waals surface area contributed by atoms with E-state index >= 15 is 0 Å². The Morgan fingerprint density at radius 2 is 1.86 bits per heavy atom. The summed E-state index contributed by atoms with van der Waals surface area (Å²) in [6.45, 7) is 6.93. The summed E-state index contributed by atoms with van der Waals surface area (Å²) in [7, 11) is 0. The van der Waals surface area contributed by atoms with Crippen LogP contribution in [-0.4, -0.2) is 64.5 Å². The first-order chi connectivity index (χ1) is 16.7. The van der Waals surface area contributed by atoms with Gasteiger partial charge in [0.05, 0.1) is 12.0 Å². The van der Waals surface area contributed by atoms with Crippen LogP contribution < -0.4 is 15.2 Å². The molecule has 0 spiro atoms. The minimum atomic E-state index is -5.31. The molecule has 1 fully saturated rings. The van der Waals surface area contributed by atoms with E-state index in [1.165, 1.54) is 30.9 Å². The van der Waals surface area contributed by atoms with Gasteiger partial charge in [0.1, 0.15) is 17.2 Å². The van der Waals surface area contributed by atoms with Gasteiger partial charge in [-0.15, -0.1) is 0 Å². The summed E-state index contributed by atoms with van der Waals surface area (Å²) < 4.78 is 52.9. The molecule has 0 radical (unpaired) electrons. The molecule has 36 heavy (non-hydrogen) atoms. The molecule has 1 aliphatic heterocycles. The summed E-state index contributed by atoms with van der Waals surface area (Å²) >= 11 is 0. The van der Waals surface area contributed by atoms with E-state index in [0.717, 1.165) is 6.07 Å². The Balaban J connectivity index is 1.96. The third-order valence-electron chi connectivity index (χ3n) is 6.11. The highest BCUT2D eigenvalue weighted by atomic mass is 19.4. The fourth-order valence-corrected chi connectivity index (χ4v) is 4.03. The molecule has 0 bridgehead atoms. The lowest BCUT2D eigenvalue weighted by Crippen LogP contribution is -2.58. The maximum atomic E-state index is 14.6. The summed E-state index contributed by atoms with van der Waals surface area (Å²) in [6.07, 6.45) is -5.53. The zero-order valence-electron chi connectivity index (χ0n) is 20.0. The summed E-state index contributed by atoms with van der Waals surface area (Å²) in [4.78, 5) is 56.4. The van der Waals surface area contributed by atoms with Crippen LogP contribution in [0.5, 0.6) is 0 Å². The number of carbonyl (C=O) groups is 3. The first-order valence-electron chi connectivity index (χ1n) is 11.1. The molecule has 2 amide bonds. The Morgan fingerprint density at radius 3 is 2.44 bits per heavy atom. The highest BCUT2D eigenvalue weighted by molar-refractivity contribution is 5.97. The van der Waals surface area contributed by atoms with Crippen molar-refractivity contribution in [1.82, 2.24) is 14.9 Å². The van der Waals surface area contributed by atoms with E-state index in [-0.39, 0.29) is 59.4 Å². The second kappa shape index (κ2) is 10.1. The van der Waals surface area contributed by atoms with Crippen LogP contribution in [0.1, 0.15) is 46.6 Å². The SMILES string of the molecule is CCN1C(=O)CN(C(=O)c2cc(Cc3c(C)c(C)c(=O)[nH][n+]3OC(=O)C(F)(F)F)ccc2F)CC1C. The molecule has 1 N–H and O–H groups in total. The van der Waals surface area contributed by atoms with Gasteiger partial charge in [0.2, 0.25) is 5.91 Å². The van der Waals surface area contributed by atoms with Gasteiger partial charge < -0.3 is 9.80 Å². The van der Waals surface area contributed by atoms with Crippen LogP contribution >= 0.6 is 0 Å². The average Bonchev–Trinajstić information content (AvgIpc) is 2.79. The van der Waals surface area contributed by atoms with Crippen molar-refractivity contribution in [2.75, 3.05) is 19.6 Å². The monoisotopic (exact) mass is 513 g/mol. The number of halogens is 4. The zero-order valence-corrected chi connectivity index (χ0v) is 20.0. The molecule has 1 aromatic carbocycles. The number of aromatic amines is 1. The van der Waals surface area contributed by atoms with Gasteiger partial charge in [-0.1, -0.05) is 11.2 Å². The Morgan fingerprint density at radius 1 is 1.19 bits per heavy atom. The van der Waals surface area contributed by atoms with Gasteiger partial charge in [-0.05, 0) is 45.4 Å². The van der Waals surface area contributed by atoms with Crippen LogP contribution in [0.15, 0.2) is 23.0 Å². The van der Waals surface area contributed by atoms with Crippen molar-refractivity contribution in [2.24, 2.45) is 0 Å². The van der Waals surface area contributed by atoms with Crippen molar-refractivity contribution in [3.8, 4) is 0 Å². The number of aromatic nitrogens is 2. The van der Waals surface area contributed by atoms with E-state index in [4.69, 9.17) is 0 Å². The molecule has 9 nitrogen and oxygen atoms in total. The maximum Gasteiger partial charge on any atom is 0.498 e. The van der Waals surface area contributed by atoms with Crippen LogP contribution in [0, 0.1) is 19.7 Å². The van der Waals surface area contributed by atoms with Gasteiger partial charge in [0, 0.05) is 30.3 Å². The van der Waals surface area contributed by atoms with Crippen LogP contribution in [0.3, 0.4) is 0 Å². The minimum Gasteiger partial charge on any atom is -0.337 e. The number of rotatable bonds is 5. The molecule has 13 heteroatoms. The molecule has 1 aromatic heterocycles. The Hall–Kier alpha value is -3.77. The number of H-pyrrole nitrogens is 1. The topological polar surface area (TPSA) is 104 Å². The first kappa shape index (κ1) is 26.8. The summed E-state index contributed by atoms with van der Waals surface area (Å²) in [6, 6.07) is 3.29. The molecule has 194 valence electrons. The average molecular weight is 513 g/mol. The standard InChI is InChI=1S/C23H24F4N4O5/c1-5-30-12(2)10-29(11-19(30)32)21(34)16-8-15(6-7-17(16)24)9-18-13(3)14(4)20(33)28-31(18)36-22(35)23(25,26)27/h6-8,12H,5,9-11H2,1-4H3/p+1. The Labute approximate surface area is 203 Å². The highest BCUT2D eigenvalue weighted by Gasteiger charge is 2.46. The van der Waals surface area contributed by atoms with Crippen LogP contribution in [-0.2, 0) is 16.0 Å². The number of piperazine rings is 1. The van der Waals surface area contributed by atoms with Gasteiger partial charge >= 0.3 is 17.7 Å². The summed E-state index contributed by atoms with van der Waals surface area (Å²) in [5, 5.41) is 2.05. The van der Waals surface area contributed by atoms with E-state index in [0.29, 0.717) is 11.4 Å². The third-order valence-corrected chi connectivity index (χ3v) is 6.11. The molecule has 2 heterocycles. The number of benzene rings is 1. The van der Waals surface area contributed by atoms with E-state index in [2.05, 4.69) is 9.94 Å². The van der Waals surface area contributed by atoms with Crippen molar-refractivity contribution < 1.29 is 41.6 Å². The van der Waals surface area contributed by atoms with Gasteiger partial charge in [-0.3, -0.25) is 14.4 Å². The summed E-state index contributed by atoms with van der Waals surface area (Å²) in [5.41, 5.74) is -0.418. The number of hydrogen-bond donors (Lipinski definition) is 1. The van der Waals surface area contributed by atoms with Gasteiger partial charge in [0.25, 0.3) is 11.6 Å². The lowest BCUT2D eigenvalue weighted by atomic mass is 10.0. The predicted molar refractivity (Wildman–Crippen MR) is 116 cm³/mol. The number of alkyl halides is 3. The number of nitrogens with one attached hydrogen (secondary N) is 1. The van der Waals surface area contributed by atoms with E-state index in [1.807, 2.05) is 6.92 Å². The number of hydrogen-bond acceptors (Lipinski definition) is 5. The second-order valence-electron chi connectivity index (χ2n) is 8.51. The molecule has 1 atom stereocenters. The number of carbonyl (C=O) groups excluding carboxylic acids is 3. The normalized spacial score (nSPS) is 16.3. The Kier molecular flexibility index (Phi) is 7.51. The quantitative estimate of drug-likeness (QED) is 0.479. The first-order valence-corrected chi connectivity index (χ1v) is 11.1. The van der Waals surface area contributed by atoms with Crippen molar-refractivity contribution >= 4 is 17.8 Å². The molecular weight excluding hydrogens is 488 g/mol. The summed E-state index contributed by atoms with van der Waals surface area (Å²) in [5.74, 6) is -4.37. The Bertz CT molecular complexity index is 1270. The fraction of sp³-hybridized carbons (Fsp3) is 0.435. The van der Waals surface area contributed by atoms with Crippen LogP contribution in [0.2, 0.25) is 0 Å². The molecule has 1 aliphatic rings. The number of nitrogens with zero attached hydrogens (tertiary/aromatic N) is 3. The van der Waals surface area contributed by atoms with Crippen molar-refractivity contribution in [2.45, 2.75) is 46.3 Å². The molecule has 0 saturated carbocycles. The molecule has 0 aliphatic carbocycles. The molecular formula is C23H25F4N4O5+. The highest BCUT2D eigenvalue weighted by Crippen LogP contribution is 2.20. The maximum absolute atomic E-state index is 14.6. The van der Waals surface area contributed by atoms with E-state index < -0.39 is 29.4 Å². The van der Waals surface area contributed by atoms with E-state index in [9.17, 15) is 36.7 Å². The largest absolute Gasteiger partial charge is 0.498 e. The van der Waals surface area contributed by atoms with Gasteiger partial charge in [-0.25, -0.2) is 9.18 Å². The zero-order chi connectivity index (χ0) is 26.9. The molecule has 1 unspecified atom stereocenters. The van der Waals surface area contributed by atoms with Crippen molar-refractivity contribution in [3.05, 3.63) is 62.3 Å². The van der Waals surface area contributed by atoms with Crippen molar-refractivity contribution in [1.29, 1.82) is 0 Å². The van der Waals surface area contributed by atoms with E-state index in [1.54, 1.807) is 11.8 Å². The molecule has 1 saturated heterocycles. The predicted octanol–water partition coefficient (Wildman–Crippen LogP) is 1.22. The fourth-order valence-electron chi connectivity index (χ4n) is 4.03. The second-order valence-corrected chi connectivity index (χ2v) is 8.51. The number of amides is 2.